The van der Waals surface area contributed by atoms with E-state index in [0.717, 1.165) is 64.2 Å². The van der Waals surface area contributed by atoms with E-state index in [4.69, 9.17) is 14.2 Å². The van der Waals surface area contributed by atoms with Gasteiger partial charge in [0.15, 0.2) is 6.10 Å². The Hall–Kier alpha value is -1.70. The lowest BCUT2D eigenvalue weighted by Gasteiger charge is -2.25. The standard InChI is InChI=1S/C38H68O7/c1-3-5-7-9-11-13-15-17-19-21-23-25-27-29-35(40)43-32-34(38-37(42)33(39)31-44-38)45-36(41)30-28-26-24-22-20-18-16-14-12-10-8-6-4-2/h13-16,33-34,37-39,42H,3-12,17-32H2,1-2H3/b15-13-,16-14-/t33-,34?,37+,38-/m1/s1. The number of aliphatic hydroxyl groups is 2. The molecule has 0 aromatic carbocycles. The maximum atomic E-state index is 12.6. The van der Waals surface area contributed by atoms with Gasteiger partial charge in [0.1, 0.15) is 24.9 Å². The summed E-state index contributed by atoms with van der Waals surface area (Å²) < 4.78 is 16.5. The second-order valence-corrected chi connectivity index (χ2v) is 12.8. The maximum Gasteiger partial charge on any atom is 0.306 e. The third-order valence-corrected chi connectivity index (χ3v) is 8.53. The fourth-order valence-electron chi connectivity index (χ4n) is 5.60. The summed E-state index contributed by atoms with van der Waals surface area (Å²) in [5, 5.41) is 20.2. The van der Waals surface area contributed by atoms with Gasteiger partial charge < -0.3 is 24.4 Å². The molecule has 0 spiro atoms. The van der Waals surface area contributed by atoms with Crippen LogP contribution in [-0.2, 0) is 23.8 Å². The second kappa shape index (κ2) is 29.7. The Labute approximate surface area is 275 Å². The summed E-state index contributed by atoms with van der Waals surface area (Å²) in [7, 11) is 0. The molecule has 1 rings (SSSR count). The first-order chi connectivity index (χ1) is 22.0. The molecule has 0 amide bonds. The zero-order valence-corrected chi connectivity index (χ0v) is 28.9. The highest BCUT2D eigenvalue weighted by atomic mass is 16.6. The molecule has 7 nitrogen and oxygen atoms in total. The van der Waals surface area contributed by atoms with Crippen LogP contribution >= 0.6 is 0 Å². The van der Waals surface area contributed by atoms with Crippen molar-refractivity contribution in [3.8, 4) is 0 Å². The van der Waals surface area contributed by atoms with Crippen molar-refractivity contribution in [2.45, 2.75) is 192 Å². The van der Waals surface area contributed by atoms with Gasteiger partial charge in [0, 0.05) is 12.8 Å². The molecule has 262 valence electrons. The van der Waals surface area contributed by atoms with E-state index in [1.54, 1.807) is 0 Å². The van der Waals surface area contributed by atoms with Gasteiger partial charge in [0.25, 0.3) is 0 Å². The smallest absolute Gasteiger partial charge is 0.306 e. The molecule has 4 atom stereocenters. The molecule has 1 fully saturated rings. The summed E-state index contributed by atoms with van der Waals surface area (Å²) in [4.78, 5) is 25.0. The van der Waals surface area contributed by atoms with Crippen LogP contribution in [0.1, 0.15) is 168 Å². The van der Waals surface area contributed by atoms with Crippen LogP contribution in [-0.4, -0.2) is 59.8 Å². The number of carbonyl (C=O) groups excluding carboxylic acids is 2. The first-order valence-corrected chi connectivity index (χ1v) is 18.6. The SMILES string of the molecule is CCCCCC/C=C\CCCCCCCC(=O)OCC(OC(=O)CCCCCCC/C=C\CCCCCC)[C@H]1OC[C@@H](O)[C@@H]1O. The summed E-state index contributed by atoms with van der Waals surface area (Å²) >= 11 is 0. The summed E-state index contributed by atoms with van der Waals surface area (Å²) in [6.45, 7) is 4.24. The topological polar surface area (TPSA) is 102 Å². The Morgan fingerprint density at radius 3 is 1.51 bits per heavy atom. The van der Waals surface area contributed by atoms with Gasteiger partial charge in [-0.25, -0.2) is 0 Å². The fraction of sp³-hybridized carbons (Fsp3) is 0.842. The molecular formula is C38H68O7. The molecule has 1 heterocycles. The maximum absolute atomic E-state index is 12.6. The fourth-order valence-corrected chi connectivity index (χ4v) is 5.60. The van der Waals surface area contributed by atoms with Crippen molar-refractivity contribution in [3.63, 3.8) is 0 Å². The Bertz CT molecular complexity index is 765. The first-order valence-electron chi connectivity index (χ1n) is 18.6. The Balaban J connectivity index is 2.19. The van der Waals surface area contributed by atoms with E-state index in [9.17, 15) is 19.8 Å². The number of hydrogen-bond donors (Lipinski definition) is 2. The van der Waals surface area contributed by atoms with Gasteiger partial charge in [-0.2, -0.15) is 0 Å². The van der Waals surface area contributed by atoms with Crippen molar-refractivity contribution < 1.29 is 34.0 Å². The van der Waals surface area contributed by atoms with Crippen molar-refractivity contribution in [1.82, 2.24) is 0 Å². The number of unbranched alkanes of at least 4 members (excludes halogenated alkanes) is 18. The van der Waals surface area contributed by atoms with E-state index < -0.39 is 30.4 Å². The van der Waals surface area contributed by atoms with E-state index >= 15 is 0 Å². The Morgan fingerprint density at radius 1 is 0.644 bits per heavy atom. The van der Waals surface area contributed by atoms with Crippen LogP contribution < -0.4 is 0 Å². The number of hydrogen-bond acceptors (Lipinski definition) is 7. The quantitative estimate of drug-likeness (QED) is 0.0461. The average molecular weight is 637 g/mol. The molecule has 1 saturated heterocycles. The Kier molecular flexibility index (Phi) is 27.3. The number of allylic oxidation sites excluding steroid dienone is 4. The molecule has 0 bridgehead atoms. The minimum Gasteiger partial charge on any atom is -0.462 e. The van der Waals surface area contributed by atoms with Gasteiger partial charge in [0.2, 0.25) is 0 Å². The predicted octanol–water partition coefficient (Wildman–Crippen LogP) is 9.08. The van der Waals surface area contributed by atoms with Gasteiger partial charge in [0.05, 0.1) is 6.61 Å². The summed E-state index contributed by atoms with van der Waals surface area (Å²) in [6.07, 6.45) is 30.9. The van der Waals surface area contributed by atoms with Crippen LogP contribution in [0.4, 0.5) is 0 Å². The van der Waals surface area contributed by atoms with Gasteiger partial charge in [-0.05, 0) is 64.2 Å². The lowest BCUT2D eigenvalue weighted by Crippen LogP contribution is -2.44. The number of esters is 2. The number of aliphatic hydroxyl groups excluding tert-OH is 2. The lowest BCUT2D eigenvalue weighted by molar-refractivity contribution is -0.170. The van der Waals surface area contributed by atoms with Gasteiger partial charge in [-0.1, -0.05) is 115 Å². The molecule has 2 N–H and O–H groups in total. The summed E-state index contributed by atoms with van der Waals surface area (Å²) in [5.41, 5.74) is 0. The highest BCUT2D eigenvalue weighted by Crippen LogP contribution is 2.21. The summed E-state index contributed by atoms with van der Waals surface area (Å²) in [5.74, 6) is -0.744. The molecule has 1 unspecified atom stereocenters. The van der Waals surface area contributed by atoms with Crippen molar-refractivity contribution in [2.24, 2.45) is 0 Å². The molecule has 0 radical (unpaired) electrons. The first kappa shape index (κ1) is 41.3. The van der Waals surface area contributed by atoms with Crippen LogP contribution in [0.5, 0.6) is 0 Å². The highest BCUT2D eigenvalue weighted by Gasteiger charge is 2.42. The van der Waals surface area contributed by atoms with Crippen molar-refractivity contribution >= 4 is 11.9 Å². The van der Waals surface area contributed by atoms with Crippen molar-refractivity contribution in [1.29, 1.82) is 0 Å². The number of carbonyl (C=O) groups is 2. The predicted molar refractivity (Wildman–Crippen MR) is 183 cm³/mol. The van der Waals surface area contributed by atoms with Crippen molar-refractivity contribution in [3.05, 3.63) is 24.3 Å². The van der Waals surface area contributed by atoms with Crippen molar-refractivity contribution in [2.75, 3.05) is 13.2 Å². The molecule has 1 aliphatic rings. The zero-order chi connectivity index (χ0) is 32.8. The molecule has 1 aliphatic heterocycles. The van der Waals surface area contributed by atoms with E-state index in [-0.39, 0.29) is 25.6 Å². The number of rotatable bonds is 30. The van der Waals surface area contributed by atoms with E-state index in [1.165, 1.54) is 77.0 Å². The summed E-state index contributed by atoms with van der Waals surface area (Å²) in [6, 6.07) is 0. The van der Waals surface area contributed by atoms with Crippen LogP contribution in [0.15, 0.2) is 24.3 Å². The molecule has 7 heteroatoms. The monoisotopic (exact) mass is 636 g/mol. The average Bonchev–Trinajstić information content (AvgIpc) is 3.37. The molecular weight excluding hydrogens is 568 g/mol. The molecule has 0 saturated carbocycles. The minimum atomic E-state index is -1.19. The van der Waals surface area contributed by atoms with Crippen LogP contribution in [0.25, 0.3) is 0 Å². The van der Waals surface area contributed by atoms with Crippen LogP contribution in [0.3, 0.4) is 0 Å². The van der Waals surface area contributed by atoms with E-state index in [1.807, 2.05) is 0 Å². The third kappa shape index (κ3) is 23.3. The molecule has 45 heavy (non-hydrogen) atoms. The van der Waals surface area contributed by atoms with Gasteiger partial charge in [-0.15, -0.1) is 0 Å². The minimum absolute atomic E-state index is 0.0450. The lowest BCUT2D eigenvalue weighted by atomic mass is 10.1. The van der Waals surface area contributed by atoms with Crippen LogP contribution in [0, 0.1) is 0 Å². The third-order valence-electron chi connectivity index (χ3n) is 8.53. The van der Waals surface area contributed by atoms with Crippen LogP contribution in [0.2, 0.25) is 0 Å². The number of ether oxygens (including phenoxy) is 3. The largest absolute Gasteiger partial charge is 0.462 e. The highest BCUT2D eigenvalue weighted by molar-refractivity contribution is 5.70. The van der Waals surface area contributed by atoms with E-state index in [0.29, 0.717) is 6.42 Å². The zero-order valence-electron chi connectivity index (χ0n) is 28.9. The van der Waals surface area contributed by atoms with E-state index in [2.05, 4.69) is 38.2 Å². The molecule has 0 aliphatic carbocycles. The van der Waals surface area contributed by atoms with Gasteiger partial charge >= 0.3 is 11.9 Å². The normalized spacial score (nSPS) is 19.1. The molecule has 0 aromatic heterocycles. The second-order valence-electron chi connectivity index (χ2n) is 12.8. The Morgan fingerprint density at radius 2 is 1.07 bits per heavy atom. The van der Waals surface area contributed by atoms with Gasteiger partial charge in [-0.3, -0.25) is 9.59 Å². The molecule has 0 aromatic rings.